The minimum Gasteiger partial charge on any atom is -0.310 e. The zero-order valence-corrected chi connectivity index (χ0v) is 13.8. The van der Waals surface area contributed by atoms with Crippen molar-refractivity contribution in [3.05, 3.63) is 65.7 Å². The van der Waals surface area contributed by atoms with Gasteiger partial charge < -0.3 is 5.32 Å². The lowest BCUT2D eigenvalue weighted by Crippen LogP contribution is -2.17. The van der Waals surface area contributed by atoms with Crippen LogP contribution in [-0.2, 0) is 6.42 Å². The van der Waals surface area contributed by atoms with Gasteiger partial charge >= 0.3 is 0 Å². The van der Waals surface area contributed by atoms with E-state index in [0.29, 0.717) is 6.04 Å². The molecule has 1 unspecified atom stereocenters. The Bertz CT molecular complexity index is 524. The summed E-state index contributed by atoms with van der Waals surface area (Å²) in [5, 5.41) is 3.47. The molecule has 0 spiro atoms. The van der Waals surface area contributed by atoms with Crippen LogP contribution in [0.1, 0.15) is 37.4 Å². The zero-order chi connectivity index (χ0) is 14.9. The third-order valence-corrected chi connectivity index (χ3v) is 4.67. The highest BCUT2D eigenvalue weighted by molar-refractivity contribution is 7.99. The summed E-state index contributed by atoms with van der Waals surface area (Å²) in [7, 11) is 0. The summed E-state index contributed by atoms with van der Waals surface area (Å²) in [6.07, 6.45) is 2.39. The standard InChI is InChI=1S/C19H25NS/c1-3-20-16(2)18-12-7-13-19(15-18)21-14-8-11-17-9-5-4-6-10-17/h4-7,9-10,12-13,15-16,20H,3,8,11,14H2,1-2H3. The van der Waals surface area contributed by atoms with Gasteiger partial charge in [-0.25, -0.2) is 0 Å². The lowest BCUT2D eigenvalue weighted by molar-refractivity contribution is 0.597. The average molecular weight is 299 g/mol. The topological polar surface area (TPSA) is 12.0 Å². The van der Waals surface area contributed by atoms with E-state index in [-0.39, 0.29) is 0 Å². The molecular formula is C19H25NS. The Labute approximate surface area is 133 Å². The van der Waals surface area contributed by atoms with Gasteiger partial charge in [0.2, 0.25) is 0 Å². The Morgan fingerprint density at radius 2 is 1.86 bits per heavy atom. The molecule has 0 radical (unpaired) electrons. The summed E-state index contributed by atoms with van der Waals surface area (Å²) >= 11 is 1.96. The molecule has 0 fully saturated rings. The maximum absolute atomic E-state index is 3.47. The van der Waals surface area contributed by atoms with E-state index >= 15 is 0 Å². The maximum atomic E-state index is 3.47. The molecule has 2 aromatic rings. The molecule has 0 heterocycles. The molecule has 0 saturated heterocycles. The van der Waals surface area contributed by atoms with Crippen LogP contribution in [0.4, 0.5) is 0 Å². The predicted octanol–water partition coefficient (Wildman–Crippen LogP) is 5.08. The van der Waals surface area contributed by atoms with Gasteiger partial charge in [-0.05, 0) is 55.3 Å². The van der Waals surface area contributed by atoms with Gasteiger partial charge in [0, 0.05) is 10.9 Å². The zero-order valence-electron chi connectivity index (χ0n) is 13.0. The first-order valence-corrected chi connectivity index (χ1v) is 8.78. The lowest BCUT2D eigenvalue weighted by Gasteiger charge is -2.13. The molecule has 1 atom stereocenters. The summed E-state index contributed by atoms with van der Waals surface area (Å²) in [5.41, 5.74) is 2.82. The summed E-state index contributed by atoms with van der Waals surface area (Å²) < 4.78 is 0. The molecule has 0 aliphatic carbocycles. The molecule has 2 heteroatoms. The van der Waals surface area contributed by atoms with Crippen molar-refractivity contribution in [2.45, 2.75) is 37.6 Å². The van der Waals surface area contributed by atoms with Crippen LogP contribution in [0.25, 0.3) is 0 Å². The van der Waals surface area contributed by atoms with Crippen molar-refractivity contribution in [2.24, 2.45) is 0 Å². The Balaban J connectivity index is 1.79. The van der Waals surface area contributed by atoms with Gasteiger partial charge in [-0.2, -0.15) is 0 Å². The molecule has 112 valence electrons. The molecule has 2 aromatic carbocycles. The molecular weight excluding hydrogens is 274 g/mol. The molecule has 0 aliphatic heterocycles. The first-order chi connectivity index (χ1) is 10.3. The molecule has 2 rings (SSSR count). The molecule has 0 saturated carbocycles. The van der Waals surface area contributed by atoms with Crippen molar-refractivity contribution >= 4 is 11.8 Å². The molecule has 0 aromatic heterocycles. The average Bonchev–Trinajstić information content (AvgIpc) is 2.53. The summed E-state index contributed by atoms with van der Waals surface area (Å²) in [5.74, 6) is 1.17. The summed E-state index contributed by atoms with van der Waals surface area (Å²) in [4.78, 5) is 1.38. The van der Waals surface area contributed by atoms with Crippen LogP contribution in [0.15, 0.2) is 59.5 Å². The van der Waals surface area contributed by atoms with Gasteiger partial charge in [-0.15, -0.1) is 11.8 Å². The fraction of sp³-hybridized carbons (Fsp3) is 0.368. The van der Waals surface area contributed by atoms with Gasteiger partial charge in [-0.3, -0.25) is 0 Å². The van der Waals surface area contributed by atoms with E-state index in [1.165, 1.54) is 34.6 Å². The highest BCUT2D eigenvalue weighted by Gasteiger charge is 2.04. The molecule has 0 bridgehead atoms. The van der Waals surface area contributed by atoms with Gasteiger partial charge in [0.1, 0.15) is 0 Å². The van der Waals surface area contributed by atoms with E-state index in [0.717, 1.165) is 6.54 Å². The van der Waals surface area contributed by atoms with E-state index in [2.05, 4.69) is 73.8 Å². The minimum atomic E-state index is 0.430. The van der Waals surface area contributed by atoms with E-state index < -0.39 is 0 Å². The monoisotopic (exact) mass is 299 g/mol. The fourth-order valence-corrected chi connectivity index (χ4v) is 3.33. The van der Waals surface area contributed by atoms with Gasteiger partial charge in [0.15, 0.2) is 0 Å². The van der Waals surface area contributed by atoms with E-state index in [4.69, 9.17) is 0 Å². The Hall–Kier alpha value is -1.25. The van der Waals surface area contributed by atoms with E-state index in [1.54, 1.807) is 0 Å². The van der Waals surface area contributed by atoms with Crippen LogP contribution in [-0.4, -0.2) is 12.3 Å². The number of hydrogen-bond donors (Lipinski definition) is 1. The predicted molar refractivity (Wildman–Crippen MR) is 94.0 cm³/mol. The number of hydrogen-bond acceptors (Lipinski definition) is 2. The first kappa shape index (κ1) is 16.1. The van der Waals surface area contributed by atoms with Crippen LogP contribution < -0.4 is 5.32 Å². The molecule has 0 aliphatic rings. The number of aryl methyl sites for hydroxylation is 1. The number of benzene rings is 2. The van der Waals surface area contributed by atoms with E-state index in [9.17, 15) is 0 Å². The van der Waals surface area contributed by atoms with Crippen molar-refractivity contribution in [3.8, 4) is 0 Å². The normalized spacial score (nSPS) is 12.3. The van der Waals surface area contributed by atoms with Crippen LogP contribution in [0.5, 0.6) is 0 Å². The fourth-order valence-electron chi connectivity index (χ4n) is 2.41. The van der Waals surface area contributed by atoms with Crippen LogP contribution in [0.3, 0.4) is 0 Å². The summed E-state index contributed by atoms with van der Waals surface area (Å²) in [6.45, 7) is 5.39. The first-order valence-electron chi connectivity index (χ1n) is 7.79. The highest BCUT2D eigenvalue weighted by Crippen LogP contribution is 2.23. The SMILES string of the molecule is CCNC(C)c1cccc(SCCCc2ccccc2)c1. The Morgan fingerprint density at radius 1 is 1.05 bits per heavy atom. The van der Waals surface area contributed by atoms with Crippen molar-refractivity contribution in [1.82, 2.24) is 5.32 Å². The van der Waals surface area contributed by atoms with Crippen molar-refractivity contribution in [3.63, 3.8) is 0 Å². The number of thioether (sulfide) groups is 1. The smallest absolute Gasteiger partial charge is 0.0292 e. The maximum Gasteiger partial charge on any atom is 0.0292 e. The third kappa shape index (κ3) is 5.56. The molecule has 21 heavy (non-hydrogen) atoms. The molecule has 1 nitrogen and oxygen atoms in total. The van der Waals surface area contributed by atoms with E-state index in [1.807, 2.05) is 11.8 Å². The molecule has 0 amide bonds. The third-order valence-electron chi connectivity index (χ3n) is 3.59. The van der Waals surface area contributed by atoms with Gasteiger partial charge in [-0.1, -0.05) is 49.4 Å². The quantitative estimate of drug-likeness (QED) is 0.539. The second-order valence-corrected chi connectivity index (χ2v) is 6.46. The highest BCUT2D eigenvalue weighted by atomic mass is 32.2. The van der Waals surface area contributed by atoms with Crippen molar-refractivity contribution in [2.75, 3.05) is 12.3 Å². The van der Waals surface area contributed by atoms with Crippen LogP contribution >= 0.6 is 11.8 Å². The lowest BCUT2D eigenvalue weighted by atomic mass is 10.1. The van der Waals surface area contributed by atoms with Gasteiger partial charge in [0.25, 0.3) is 0 Å². The van der Waals surface area contributed by atoms with Crippen LogP contribution in [0, 0.1) is 0 Å². The van der Waals surface area contributed by atoms with Crippen molar-refractivity contribution < 1.29 is 0 Å². The van der Waals surface area contributed by atoms with Gasteiger partial charge in [0.05, 0.1) is 0 Å². The Kier molecular flexibility index (Phi) is 6.84. The second-order valence-electron chi connectivity index (χ2n) is 5.29. The minimum absolute atomic E-state index is 0.430. The largest absolute Gasteiger partial charge is 0.310 e. The van der Waals surface area contributed by atoms with Crippen molar-refractivity contribution in [1.29, 1.82) is 0 Å². The van der Waals surface area contributed by atoms with Crippen LogP contribution in [0.2, 0.25) is 0 Å². The second kappa shape index (κ2) is 8.91. The Morgan fingerprint density at radius 3 is 2.62 bits per heavy atom. The number of nitrogens with one attached hydrogen (secondary N) is 1. The molecule has 1 N–H and O–H groups in total. The number of rotatable bonds is 8. The summed E-state index contributed by atoms with van der Waals surface area (Å²) in [6, 6.07) is 20.1.